The second-order valence-electron chi connectivity index (χ2n) is 3.65. The molecular formula is C13H12FNO2. The summed E-state index contributed by atoms with van der Waals surface area (Å²) in [6.07, 6.45) is 1.49. The van der Waals surface area contributed by atoms with Gasteiger partial charge in [0.05, 0.1) is 6.61 Å². The third kappa shape index (κ3) is 2.60. The van der Waals surface area contributed by atoms with Gasteiger partial charge in [-0.15, -0.1) is 0 Å². The van der Waals surface area contributed by atoms with E-state index in [1.807, 2.05) is 0 Å². The lowest BCUT2D eigenvalue weighted by molar-refractivity contribution is 0.281. The summed E-state index contributed by atoms with van der Waals surface area (Å²) in [5.41, 5.74) is 1.21. The predicted octanol–water partition coefficient (Wildman–Crippen LogP) is 2.81. The number of aliphatic hydroxyl groups excluding tert-OH is 1. The standard InChI is InChI=1S/C13H12FNO2/c1-9-3-2-4-11(13(9)14)17-12-6-5-10(8-16)7-15-12/h2-7,16H,8H2,1H3. The number of halogens is 1. The monoisotopic (exact) mass is 233 g/mol. The van der Waals surface area contributed by atoms with Gasteiger partial charge in [0.25, 0.3) is 0 Å². The number of benzene rings is 1. The second kappa shape index (κ2) is 4.93. The van der Waals surface area contributed by atoms with Crippen LogP contribution in [0.3, 0.4) is 0 Å². The zero-order valence-electron chi connectivity index (χ0n) is 9.35. The zero-order valence-corrected chi connectivity index (χ0v) is 9.35. The molecule has 0 atom stereocenters. The summed E-state index contributed by atoms with van der Waals surface area (Å²) in [4.78, 5) is 3.97. The minimum absolute atomic E-state index is 0.0773. The molecule has 1 aromatic carbocycles. The number of aromatic nitrogens is 1. The summed E-state index contributed by atoms with van der Waals surface area (Å²) >= 11 is 0. The van der Waals surface area contributed by atoms with E-state index in [0.717, 1.165) is 0 Å². The van der Waals surface area contributed by atoms with Crippen molar-refractivity contribution in [3.8, 4) is 11.6 Å². The van der Waals surface area contributed by atoms with Crippen molar-refractivity contribution in [1.82, 2.24) is 4.98 Å². The number of ether oxygens (including phenoxy) is 1. The van der Waals surface area contributed by atoms with Gasteiger partial charge in [0.2, 0.25) is 5.88 Å². The summed E-state index contributed by atoms with van der Waals surface area (Å²) < 4.78 is 19.0. The van der Waals surface area contributed by atoms with Crippen LogP contribution in [-0.2, 0) is 6.61 Å². The van der Waals surface area contributed by atoms with Crippen molar-refractivity contribution in [2.24, 2.45) is 0 Å². The number of rotatable bonds is 3. The second-order valence-corrected chi connectivity index (χ2v) is 3.65. The summed E-state index contributed by atoms with van der Waals surface area (Å²) in [6, 6.07) is 8.20. The van der Waals surface area contributed by atoms with E-state index in [-0.39, 0.29) is 18.2 Å². The average molecular weight is 233 g/mol. The molecule has 2 aromatic rings. The van der Waals surface area contributed by atoms with Crippen LogP contribution >= 0.6 is 0 Å². The van der Waals surface area contributed by atoms with Gasteiger partial charge in [-0.05, 0) is 30.2 Å². The van der Waals surface area contributed by atoms with Gasteiger partial charge in [0.1, 0.15) is 0 Å². The van der Waals surface area contributed by atoms with Crippen LogP contribution in [0.2, 0.25) is 0 Å². The lowest BCUT2D eigenvalue weighted by atomic mass is 10.2. The summed E-state index contributed by atoms with van der Waals surface area (Å²) in [5.74, 6) is 0.0569. The zero-order chi connectivity index (χ0) is 12.3. The molecule has 0 fully saturated rings. The van der Waals surface area contributed by atoms with Gasteiger partial charge < -0.3 is 9.84 Å². The van der Waals surface area contributed by atoms with Gasteiger partial charge in [0, 0.05) is 12.3 Å². The molecule has 0 radical (unpaired) electrons. The predicted molar refractivity (Wildman–Crippen MR) is 61.4 cm³/mol. The van der Waals surface area contributed by atoms with Crippen molar-refractivity contribution in [3.63, 3.8) is 0 Å². The molecule has 0 saturated heterocycles. The molecule has 0 amide bonds. The first-order chi connectivity index (χ1) is 8.20. The highest BCUT2D eigenvalue weighted by Crippen LogP contribution is 2.24. The van der Waals surface area contributed by atoms with Crippen molar-refractivity contribution >= 4 is 0 Å². The highest BCUT2D eigenvalue weighted by Gasteiger charge is 2.07. The Morgan fingerprint density at radius 1 is 1.29 bits per heavy atom. The smallest absolute Gasteiger partial charge is 0.219 e. The Morgan fingerprint density at radius 2 is 2.12 bits per heavy atom. The Morgan fingerprint density at radius 3 is 2.76 bits per heavy atom. The maximum absolute atomic E-state index is 13.6. The maximum atomic E-state index is 13.6. The molecular weight excluding hydrogens is 221 g/mol. The van der Waals surface area contributed by atoms with Crippen LogP contribution in [0.15, 0.2) is 36.5 Å². The van der Waals surface area contributed by atoms with Crippen molar-refractivity contribution in [2.45, 2.75) is 13.5 Å². The van der Waals surface area contributed by atoms with E-state index in [1.165, 1.54) is 6.20 Å². The number of aryl methyl sites for hydroxylation is 1. The van der Waals surface area contributed by atoms with Gasteiger partial charge >= 0.3 is 0 Å². The van der Waals surface area contributed by atoms with E-state index >= 15 is 0 Å². The van der Waals surface area contributed by atoms with Crippen LogP contribution in [0.1, 0.15) is 11.1 Å². The van der Waals surface area contributed by atoms with E-state index in [1.54, 1.807) is 37.3 Å². The molecule has 1 aromatic heterocycles. The summed E-state index contributed by atoms with van der Waals surface area (Å²) in [6.45, 7) is 1.59. The Hall–Kier alpha value is -1.94. The Kier molecular flexibility index (Phi) is 3.35. The largest absolute Gasteiger partial charge is 0.436 e. The molecule has 0 aliphatic carbocycles. The maximum Gasteiger partial charge on any atom is 0.219 e. The quantitative estimate of drug-likeness (QED) is 0.886. The Bertz CT molecular complexity index is 511. The van der Waals surface area contributed by atoms with E-state index in [9.17, 15) is 4.39 Å². The lowest BCUT2D eigenvalue weighted by Gasteiger charge is -2.07. The first-order valence-corrected chi connectivity index (χ1v) is 5.19. The van der Waals surface area contributed by atoms with Crippen LogP contribution in [0.4, 0.5) is 4.39 Å². The minimum atomic E-state index is -0.388. The molecule has 0 aliphatic rings. The molecule has 0 spiro atoms. The minimum Gasteiger partial charge on any atom is -0.436 e. The van der Waals surface area contributed by atoms with Gasteiger partial charge in [0.15, 0.2) is 11.6 Å². The third-order valence-corrected chi connectivity index (χ3v) is 2.35. The van der Waals surface area contributed by atoms with Gasteiger partial charge in [-0.25, -0.2) is 9.37 Å². The highest BCUT2D eigenvalue weighted by atomic mass is 19.1. The molecule has 0 saturated carbocycles. The molecule has 1 heterocycles. The first-order valence-electron chi connectivity index (χ1n) is 5.19. The Balaban J connectivity index is 2.22. The number of hydrogen-bond acceptors (Lipinski definition) is 3. The van der Waals surface area contributed by atoms with Gasteiger partial charge in [-0.3, -0.25) is 0 Å². The van der Waals surface area contributed by atoms with Crippen molar-refractivity contribution in [2.75, 3.05) is 0 Å². The van der Waals surface area contributed by atoms with Crippen LogP contribution in [-0.4, -0.2) is 10.1 Å². The van der Waals surface area contributed by atoms with Crippen LogP contribution in [0.5, 0.6) is 11.6 Å². The molecule has 1 N–H and O–H groups in total. The molecule has 17 heavy (non-hydrogen) atoms. The fourth-order valence-corrected chi connectivity index (χ4v) is 1.38. The normalized spacial score (nSPS) is 10.3. The lowest BCUT2D eigenvalue weighted by Crippen LogP contribution is -1.93. The number of aliphatic hydroxyl groups is 1. The van der Waals surface area contributed by atoms with Crippen molar-refractivity contribution < 1.29 is 14.2 Å². The fourth-order valence-electron chi connectivity index (χ4n) is 1.38. The van der Waals surface area contributed by atoms with E-state index in [2.05, 4.69) is 4.98 Å². The van der Waals surface area contributed by atoms with E-state index in [0.29, 0.717) is 17.0 Å². The number of hydrogen-bond donors (Lipinski definition) is 1. The molecule has 3 nitrogen and oxygen atoms in total. The number of pyridine rings is 1. The van der Waals surface area contributed by atoms with Crippen molar-refractivity contribution in [3.05, 3.63) is 53.5 Å². The van der Waals surface area contributed by atoms with Crippen LogP contribution in [0, 0.1) is 12.7 Å². The van der Waals surface area contributed by atoms with Gasteiger partial charge in [-0.2, -0.15) is 0 Å². The topological polar surface area (TPSA) is 42.4 Å². The summed E-state index contributed by atoms with van der Waals surface area (Å²) in [7, 11) is 0. The molecule has 0 bridgehead atoms. The molecule has 88 valence electrons. The first kappa shape index (κ1) is 11.5. The van der Waals surface area contributed by atoms with E-state index < -0.39 is 0 Å². The Labute approximate surface area is 98.5 Å². The number of nitrogens with zero attached hydrogens (tertiary/aromatic N) is 1. The van der Waals surface area contributed by atoms with Gasteiger partial charge in [-0.1, -0.05) is 12.1 Å². The average Bonchev–Trinajstić information content (AvgIpc) is 2.36. The SMILES string of the molecule is Cc1cccc(Oc2ccc(CO)cn2)c1F. The van der Waals surface area contributed by atoms with Crippen LogP contribution < -0.4 is 4.74 Å². The molecule has 2 rings (SSSR count). The molecule has 0 aliphatic heterocycles. The highest BCUT2D eigenvalue weighted by molar-refractivity contribution is 5.33. The van der Waals surface area contributed by atoms with E-state index in [4.69, 9.17) is 9.84 Å². The van der Waals surface area contributed by atoms with Crippen molar-refractivity contribution in [1.29, 1.82) is 0 Å². The molecule has 0 unspecified atom stereocenters. The van der Waals surface area contributed by atoms with Crippen LogP contribution in [0.25, 0.3) is 0 Å². The third-order valence-electron chi connectivity index (χ3n) is 2.35. The molecule has 4 heteroatoms. The fraction of sp³-hybridized carbons (Fsp3) is 0.154. The summed E-state index contributed by atoms with van der Waals surface area (Å²) in [5, 5.41) is 8.86.